The van der Waals surface area contributed by atoms with Gasteiger partial charge in [0.1, 0.15) is 11.4 Å². The molecule has 23 heavy (non-hydrogen) atoms. The van der Waals surface area contributed by atoms with Gasteiger partial charge in [-0.2, -0.15) is 0 Å². The van der Waals surface area contributed by atoms with Crippen LogP contribution in [0.2, 0.25) is 0 Å². The molecule has 0 bridgehead atoms. The minimum absolute atomic E-state index is 0.139. The van der Waals surface area contributed by atoms with Gasteiger partial charge in [0.25, 0.3) is 0 Å². The first-order valence-electron chi connectivity index (χ1n) is 7.46. The largest absolute Gasteiger partial charge is 0.506 e. The lowest BCUT2D eigenvalue weighted by atomic mass is 9.87. The number of phenols is 1. The molecule has 0 aliphatic heterocycles. The summed E-state index contributed by atoms with van der Waals surface area (Å²) >= 11 is 0. The monoisotopic (exact) mass is 321 g/mol. The van der Waals surface area contributed by atoms with Crippen molar-refractivity contribution in [3.63, 3.8) is 0 Å². The molecule has 0 spiro atoms. The number of carboxylic acids is 1. The van der Waals surface area contributed by atoms with Crippen molar-refractivity contribution in [3.8, 4) is 5.75 Å². The predicted molar refractivity (Wildman–Crippen MR) is 85.7 cm³/mol. The molecule has 1 aromatic rings. The molecular weight excluding hydrogens is 298 g/mol. The Labute approximate surface area is 135 Å². The van der Waals surface area contributed by atoms with Crippen molar-refractivity contribution in [2.45, 2.75) is 52.1 Å². The van der Waals surface area contributed by atoms with Crippen LogP contribution >= 0.6 is 0 Å². The minimum Gasteiger partial charge on any atom is -0.506 e. The van der Waals surface area contributed by atoms with Crippen LogP contribution in [0.3, 0.4) is 0 Å². The van der Waals surface area contributed by atoms with Crippen LogP contribution < -0.4 is 5.32 Å². The van der Waals surface area contributed by atoms with Crippen LogP contribution in [0.1, 0.15) is 46.6 Å². The zero-order valence-electron chi connectivity index (χ0n) is 14.1. The summed E-state index contributed by atoms with van der Waals surface area (Å²) < 4.78 is 5.15. The standard InChI is InChI=1S/C17H23NO5/c1-15(2,3)23-14(22)18-11-8-10(6-7-12(11)19)17(13(20)21)9-16(17,4)5/h6-8,19H,9H2,1-5H3,(H,18,22)(H,20,21). The van der Waals surface area contributed by atoms with Gasteiger partial charge in [0.05, 0.1) is 11.1 Å². The normalized spacial score (nSPS) is 22.3. The lowest BCUT2D eigenvalue weighted by Gasteiger charge is -2.21. The first-order chi connectivity index (χ1) is 10.4. The molecule has 126 valence electrons. The number of anilines is 1. The van der Waals surface area contributed by atoms with Gasteiger partial charge >= 0.3 is 12.1 Å². The SMILES string of the molecule is CC(C)(C)OC(=O)Nc1cc(C2(C(=O)O)CC2(C)C)ccc1O. The highest BCUT2D eigenvalue weighted by Gasteiger charge is 2.67. The fourth-order valence-corrected chi connectivity index (χ4v) is 2.92. The second kappa shape index (κ2) is 5.15. The Hall–Kier alpha value is -2.24. The van der Waals surface area contributed by atoms with Gasteiger partial charge in [-0.05, 0) is 50.3 Å². The summed E-state index contributed by atoms with van der Waals surface area (Å²) in [6.45, 7) is 8.96. The van der Waals surface area contributed by atoms with Gasteiger partial charge in [-0.15, -0.1) is 0 Å². The number of nitrogens with one attached hydrogen (secondary N) is 1. The van der Waals surface area contributed by atoms with E-state index in [-0.39, 0.29) is 16.9 Å². The molecule has 6 nitrogen and oxygen atoms in total. The van der Waals surface area contributed by atoms with E-state index < -0.39 is 23.1 Å². The lowest BCUT2D eigenvalue weighted by molar-refractivity contribution is -0.141. The molecule has 1 atom stereocenters. The molecule has 0 aromatic heterocycles. The predicted octanol–water partition coefficient (Wildman–Crippen LogP) is 3.49. The lowest BCUT2D eigenvalue weighted by Crippen LogP contribution is -2.28. The maximum Gasteiger partial charge on any atom is 0.412 e. The van der Waals surface area contributed by atoms with Gasteiger partial charge in [-0.25, -0.2) is 4.79 Å². The zero-order valence-corrected chi connectivity index (χ0v) is 14.1. The van der Waals surface area contributed by atoms with Gasteiger partial charge in [-0.3, -0.25) is 10.1 Å². The number of aromatic hydroxyl groups is 1. The van der Waals surface area contributed by atoms with Crippen LogP contribution in [-0.2, 0) is 14.9 Å². The topological polar surface area (TPSA) is 95.9 Å². The molecule has 0 saturated heterocycles. The molecule has 1 amide bonds. The van der Waals surface area contributed by atoms with Crippen LogP contribution in [-0.4, -0.2) is 27.9 Å². The van der Waals surface area contributed by atoms with Crippen molar-refractivity contribution in [2.75, 3.05) is 5.32 Å². The van der Waals surface area contributed by atoms with Crippen molar-refractivity contribution in [1.29, 1.82) is 0 Å². The van der Waals surface area contributed by atoms with Gasteiger partial charge < -0.3 is 14.9 Å². The highest BCUT2D eigenvalue weighted by molar-refractivity contribution is 5.90. The van der Waals surface area contributed by atoms with Crippen molar-refractivity contribution < 1.29 is 24.5 Å². The Bertz CT molecular complexity index is 659. The van der Waals surface area contributed by atoms with Gasteiger partial charge in [0.2, 0.25) is 0 Å². The number of carboxylic acid groups (broad SMARTS) is 1. The molecular formula is C17H23NO5. The van der Waals surface area contributed by atoms with Crippen molar-refractivity contribution in [3.05, 3.63) is 23.8 Å². The number of hydrogen-bond acceptors (Lipinski definition) is 4. The third-order valence-electron chi connectivity index (χ3n) is 4.23. The quantitative estimate of drug-likeness (QED) is 0.741. The Morgan fingerprint density at radius 3 is 2.26 bits per heavy atom. The van der Waals surface area contributed by atoms with Gasteiger partial charge in [-0.1, -0.05) is 19.9 Å². The zero-order chi connectivity index (χ0) is 17.6. The summed E-state index contributed by atoms with van der Waals surface area (Å²) in [6, 6.07) is 4.47. The molecule has 1 aromatic carbocycles. The number of phenolic OH excluding ortho intramolecular Hbond substituents is 1. The van der Waals surface area contributed by atoms with Crippen LogP contribution in [0.4, 0.5) is 10.5 Å². The number of benzene rings is 1. The van der Waals surface area contributed by atoms with E-state index in [0.29, 0.717) is 12.0 Å². The molecule has 0 heterocycles. The number of ether oxygens (including phenoxy) is 1. The smallest absolute Gasteiger partial charge is 0.412 e. The average Bonchev–Trinajstić information content (AvgIpc) is 2.94. The van der Waals surface area contributed by atoms with Crippen molar-refractivity contribution >= 4 is 17.7 Å². The van der Waals surface area contributed by atoms with E-state index >= 15 is 0 Å². The summed E-state index contributed by atoms with van der Waals surface area (Å²) in [5.41, 5.74) is -1.35. The Kier molecular flexibility index (Phi) is 3.83. The fourth-order valence-electron chi connectivity index (χ4n) is 2.92. The molecule has 1 aliphatic carbocycles. The number of carbonyl (C=O) groups excluding carboxylic acids is 1. The molecule has 2 rings (SSSR count). The average molecular weight is 321 g/mol. The summed E-state index contributed by atoms with van der Waals surface area (Å²) in [6.07, 6.45) is -0.198. The number of carbonyl (C=O) groups is 2. The summed E-state index contributed by atoms with van der Waals surface area (Å²) in [7, 11) is 0. The maximum atomic E-state index is 11.9. The van der Waals surface area contributed by atoms with Gasteiger partial charge in [0.15, 0.2) is 0 Å². The Morgan fingerprint density at radius 2 is 1.83 bits per heavy atom. The summed E-state index contributed by atoms with van der Waals surface area (Å²) in [5.74, 6) is -1.05. The second-order valence-corrected chi connectivity index (χ2v) is 7.63. The number of rotatable bonds is 3. The van der Waals surface area contributed by atoms with E-state index in [0.717, 1.165) is 0 Å². The Morgan fingerprint density at radius 1 is 1.26 bits per heavy atom. The molecule has 1 fully saturated rings. The molecule has 3 N–H and O–H groups in total. The third-order valence-corrected chi connectivity index (χ3v) is 4.23. The third kappa shape index (κ3) is 3.11. The molecule has 1 saturated carbocycles. The maximum absolute atomic E-state index is 11.9. The van der Waals surface area contributed by atoms with Gasteiger partial charge in [0, 0.05) is 0 Å². The minimum atomic E-state index is -0.995. The van der Waals surface area contributed by atoms with E-state index in [9.17, 15) is 19.8 Å². The number of aliphatic carboxylic acids is 1. The highest BCUT2D eigenvalue weighted by atomic mass is 16.6. The first kappa shape index (κ1) is 17.1. The van der Waals surface area contributed by atoms with Crippen LogP contribution in [0.25, 0.3) is 0 Å². The first-order valence-corrected chi connectivity index (χ1v) is 7.46. The van der Waals surface area contributed by atoms with E-state index in [2.05, 4.69) is 5.32 Å². The van der Waals surface area contributed by atoms with Crippen LogP contribution in [0.15, 0.2) is 18.2 Å². The molecule has 0 radical (unpaired) electrons. The summed E-state index contributed by atoms with van der Waals surface area (Å²) in [5, 5.41) is 22.0. The molecule has 6 heteroatoms. The van der Waals surface area contributed by atoms with E-state index in [4.69, 9.17) is 4.74 Å². The Balaban J connectivity index is 2.31. The van der Waals surface area contributed by atoms with Crippen molar-refractivity contribution in [1.82, 2.24) is 0 Å². The molecule has 1 unspecified atom stereocenters. The van der Waals surface area contributed by atoms with E-state index in [1.807, 2.05) is 13.8 Å². The van der Waals surface area contributed by atoms with E-state index in [1.165, 1.54) is 12.1 Å². The van der Waals surface area contributed by atoms with Crippen molar-refractivity contribution in [2.24, 2.45) is 5.41 Å². The van der Waals surface area contributed by atoms with Crippen LogP contribution in [0, 0.1) is 5.41 Å². The van der Waals surface area contributed by atoms with Crippen LogP contribution in [0.5, 0.6) is 5.75 Å². The summed E-state index contributed by atoms with van der Waals surface area (Å²) in [4.78, 5) is 23.6. The second-order valence-electron chi connectivity index (χ2n) is 7.63. The number of hydrogen-bond donors (Lipinski definition) is 3. The number of amides is 1. The fraction of sp³-hybridized carbons (Fsp3) is 0.529. The highest BCUT2D eigenvalue weighted by Crippen LogP contribution is 2.64. The molecule has 1 aliphatic rings. The van der Waals surface area contributed by atoms with E-state index in [1.54, 1.807) is 26.8 Å².